The Morgan fingerprint density at radius 2 is 1.93 bits per heavy atom. The van der Waals surface area contributed by atoms with E-state index >= 15 is 0 Å². The fourth-order valence-electron chi connectivity index (χ4n) is 2.51. The molecule has 1 heterocycles. The van der Waals surface area contributed by atoms with Crippen molar-refractivity contribution in [1.82, 2.24) is 14.9 Å². The lowest BCUT2D eigenvalue weighted by atomic mass is 10.2. The predicted octanol–water partition coefficient (Wildman–Crippen LogP) is 5.05. The lowest BCUT2D eigenvalue weighted by Gasteiger charge is -2.13. The van der Waals surface area contributed by atoms with Gasteiger partial charge in [-0.05, 0) is 59.7 Å². The summed E-state index contributed by atoms with van der Waals surface area (Å²) in [5.74, 6) is 1.99. The molecule has 0 bridgehead atoms. The van der Waals surface area contributed by atoms with Gasteiger partial charge in [-0.1, -0.05) is 30.3 Å². The van der Waals surface area contributed by atoms with Crippen LogP contribution in [0, 0.1) is 4.77 Å². The van der Waals surface area contributed by atoms with Crippen LogP contribution in [0.1, 0.15) is 19.4 Å². The Hall–Kier alpha value is -2.45. The number of aromatic nitrogens is 3. The summed E-state index contributed by atoms with van der Waals surface area (Å²) < 4.78 is 14.2. The average Bonchev–Trinajstić information content (AvgIpc) is 3.04. The van der Waals surface area contributed by atoms with Crippen LogP contribution in [0.15, 0.2) is 52.0 Å². The summed E-state index contributed by atoms with van der Waals surface area (Å²) in [5.41, 5.74) is 1.76. The van der Waals surface area contributed by atoms with E-state index in [9.17, 15) is 0 Å². The van der Waals surface area contributed by atoms with Gasteiger partial charge in [0.2, 0.25) is 4.77 Å². The molecule has 0 saturated heterocycles. The number of H-pyrrole nitrogens is 1. The van der Waals surface area contributed by atoms with Gasteiger partial charge in [0.25, 0.3) is 0 Å². The number of nitrogens with zero attached hydrogens (tertiary/aromatic N) is 3. The van der Waals surface area contributed by atoms with E-state index in [1.165, 1.54) is 0 Å². The lowest BCUT2D eigenvalue weighted by molar-refractivity contribution is 0.286. The molecular formula is C19H19BrN4O2S. The van der Waals surface area contributed by atoms with Gasteiger partial charge in [-0.3, -0.25) is 0 Å². The lowest BCUT2D eigenvalue weighted by Crippen LogP contribution is -2.01. The normalized spacial score (nSPS) is 11.1. The molecule has 1 aromatic heterocycles. The van der Waals surface area contributed by atoms with Gasteiger partial charge in [-0.25, -0.2) is 5.10 Å². The average molecular weight is 447 g/mol. The molecule has 8 heteroatoms. The minimum absolute atomic E-state index is 0.417. The number of ether oxygens (including phenoxy) is 2. The molecule has 0 atom stereocenters. The van der Waals surface area contributed by atoms with E-state index in [2.05, 4.69) is 31.2 Å². The van der Waals surface area contributed by atoms with E-state index in [-0.39, 0.29) is 0 Å². The number of hydrogen-bond acceptors (Lipinski definition) is 5. The van der Waals surface area contributed by atoms with Gasteiger partial charge >= 0.3 is 0 Å². The largest absolute Gasteiger partial charge is 0.490 e. The zero-order valence-corrected chi connectivity index (χ0v) is 17.4. The van der Waals surface area contributed by atoms with Crippen molar-refractivity contribution in [3.05, 3.63) is 57.3 Å². The number of halogens is 1. The molecular weight excluding hydrogens is 428 g/mol. The zero-order valence-electron chi connectivity index (χ0n) is 15.0. The molecule has 27 heavy (non-hydrogen) atoms. The monoisotopic (exact) mass is 446 g/mol. The highest BCUT2D eigenvalue weighted by Gasteiger charge is 2.12. The molecule has 0 unspecified atom stereocenters. The highest BCUT2D eigenvalue weighted by Crippen LogP contribution is 2.36. The summed E-state index contributed by atoms with van der Waals surface area (Å²) in [5, 5.41) is 11.6. The van der Waals surface area contributed by atoms with Crippen molar-refractivity contribution in [1.29, 1.82) is 0 Å². The Morgan fingerprint density at radius 1 is 1.19 bits per heavy atom. The summed E-state index contributed by atoms with van der Waals surface area (Å²) in [6.07, 6.45) is 1.71. The Bertz CT molecular complexity index is 999. The molecule has 0 fully saturated rings. The van der Waals surface area contributed by atoms with Gasteiger partial charge in [-0.2, -0.15) is 14.9 Å². The standard InChI is InChI=1S/C19H19BrN4O2S/c1-3-25-16-11-13(10-15(20)17(16)26-4-2)12-21-24-18(22-23-19(24)27)14-8-6-5-7-9-14/h5-12H,3-4H2,1-2H3,(H,23,27)/b21-12-. The van der Waals surface area contributed by atoms with Crippen molar-refractivity contribution in [3.63, 3.8) is 0 Å². The van der Waals surface area contributed by atoms with E-state index in [0.29, 0.717) is 35.3 Å². The first-order valence-electron chi connectivity index (χ1n) is 8.50. The number of aromatic amines is 1. The van der Waals surface area contributed by atoms with E-state index in [4.69, 9.17) is 21.7 Å². The maximum absolute atomic E-state index is 5.70. The van der Waals surface area contributed by atoms with Crippen LogP contribution in [-0.4, -0.2) is 34.3 Å². The number of benzene rings is 2. The summed E-state index contributed by atoms with van der Waals surface area (Å²) in [6, 6.07) is 13.6. The van der Waals surface area contributed by atoms with Crippen molar-refractivity contribution in [3.8, 4) is 22.9 Å². The second-order valence-corrected chi connectivity index (χ2v) is 6.71. The Balaban J connectivity index is 1.98. The quantitative estimate of drug-likeness (QED) is 0.407. The summed E-state index contributed by atoms with van der Waals surface area (Å²) in [6.45, 7) is 4.96. The van der Waals surface area contributed by atoms with Crippen LogP contribution in [0.3, 0.4) is 0 Å². The van der Waals surface area contributed by atoms with E-state index in [1.807, 2.05) is 56.3 Å². The fraction of sp³-hybridized carbons (Fsp3) is 0.211. The van der Waals surface area contributed by atoms with Crippen molar-refractivity contribution < 1.29 is 9.47 Å². The number of nitrogens with one attached hydrogen (secondary N) is 1. The van der Waals surface area contributed by atoms with Crippen LogP contribution in [0.25, 0.3) is 11.4 Å². The van der Waals surface area contributed by atoms with Crippen molar-refractivity contribution in [2.24, 2.45) is 5.10 Å². The molecule has 2 aromatic carbocycles. The third-order valence-corrected chi connectivity index (χ3v) is 4.48. The van der Waals surface area contributed by atoms with Gasteiger partial charge in [0.15, 0.2) is 17.3 Å². The molecule has 0 aliphatic heterocycles. The third-order valence-electron chi connectivity index (χ3n) is 3.63. The minimum Gasteiger partial charge on any atom is -0.490 e. The second-order valence-electron chi connectivity index (χ2n) is 5.47. The SMILES string of the molecule is CCOc1cc(/C=N\n2c(-c3ccccc3)n[nH]c2=S)cc(Br)c1OCC. The minimum atomic E-state index is 0.417. The molecule has 0 radical (unpaired) electrons. The second kappa shape index (κ2) is 8.96. The number of rotatable bonds is 7. The molecule has 3 aromatic rings. The first-order chi connectivity index (χ1) is 13.1. The van der Waals surface area contributed by atoms with Crippen LogP contribution in [0.5, 0.6) is 11.5 Å². The highest BCUT2D eigenvalue weighted by atomic mass is 79.9. The van der Waals surface area contributed by atoms with Crippen LogP contribution < -0.4 is 9.47 Å². The van der Waals surface area contributed by atoms with E-state index < -0.39 is 0 Å². The maximum atomic E-state index is 5.70. The van der Waals surface area contributed by atoms with Crippen molar-refractivity contribution in [2.75, 3.05) is 13.2 Å². The fourth-order valence-corrected chi connectivity index (χ4v) is 3.26. The van der Waals surface area contributed by atoms with Crippen LogP contribution in [-0.2, 0) is 0 Å². The van der Waals surface area contributed by atoms with Crippen LogP contribution in [0.2, 0.25) is 0 Å². The van der Waals surface area contributed by atoms with E-state index in [1.54, 1.807) is 10.9 Å². The molecule has 0 amide bonds. The highest BCUT2D eigenvalue weighted by molar-refractivity contribution is 9.10. The maximum Gasteiger partial charge on any atom is 0.216 e. The van der Waals surface area contributed by atoms with Gasteiger partial charge in [0, 0.05) is 5.56 Å². The summed E-state index contributed by atoms with van der Waals surface area (Å²) >= 11 is 8.85. The zero-order chi connectivity index (χ0) is 19.2. The molecule has 3 rings (SSSR count). The Labute approximate surface area is 171 Å². The summed E-state index contributed by atoms with van der Waals surface area (Å²) in [7, 11) is 0. The number of hydrogen-bond donors (Lipinski definition) is 1. The third kappa shape index (κ3) is 4.45. The molecule has 0 aliphatic rings. The first-order valence-corrected chi connectivity index (χ1v) is 9.70. The molecule has 6 nitrogen and oxygen atoms in total. The molecule has 140 valence electrons. The smallest absolute Gasteiger partial charge is 0.216 e. The van der Waals surface area contributed by atoms with Crippen LogP contribution in [0.4, 0.5) is 0 Å². The van der Waals surface area contributed by atoms with E-state index in [0.717, 1.165) is 15.6 Å². The van der Waals surface area contributed by atoms with Gasteiger partial charge < -0.3 is 9.47 Å². The molecule has 0 saturated carbocycles. The topological polar surface area (TPSA) is 64.4 Å². The van der Waals surface area contributed by atoms with Crippen molar-refractivity contribution >= 4 is 34.4 Å². The predicted molar refractivity (Wildman–Crippen MR) is 112 cm³/mol. The molecule has 1 N–H and O–H groups in total. The Kier molecular flexibility index (Phi) is 6.41. The first kappa shape index (κ1) is 19.3. The van der Waals surface area contributed by atoms with Crippen LogP contribution >= 0.6 is 28.1 Å². The molecule has 0 aliphatic carbocycles. The van der Waals surface area contributed by atoms with Gasteiger partial charge in [0.05, 0.1) is 23.9 Å². The van der Waals surface area contributed by atoms with Gasteiger partial charge in [0.1, 0.15) is 0 Å². The van der Waals surface area contributed by atoms with Crippen molar-refractivity contribution in [2.45, 2.75) is 13.8 Å². The Morgan fingerprint density at radius 3 is 2.63 bits per heavy atom. The summed E-state index contributed by atoms with van der Waals surface area (Å²) in [4.78, 5) is 0. The van der Waals surface area contributed by atoms with Gasteiger partial charge in [-0.15, -0.1) is 0 Å². The molecule has 0 spiro atoms.